The van der Waals surface area contributed by atoms with Crippen LogP contribution in [0.1, 0.15) is 5.56 Å². The first-order valence-corrected chi connectivity index (χ1v) is 3.34. The third-order valence-corrected chi connectivity index (χ3v) is 1.50. The molecule has 10 heavy (non-hydrogen) atoms. The van der Waals surface area contributed by atoms with Crippen LogP contribution < -0.4 is 0 Å². The fourth-order valence-corrected chi connectivity index (χ4v) is 0.687. The molecule has 0 aromatic heterocycles. The molecule has 56 valence electrons. The SMILES string of the molecule is CO.Cc1ccccc1Cl. The number of aliphatic hydroxyl groups is 1. The average molecular weight is 159 g/mol. The van der Waals surface area contributed by atoms with Crippen molar-refractivity contribution in [2.24, 2.45) is 0 Å². The fourth-order valence-electron chi connectivity index (χ4n) is 0.551. The monoisotopic (exact) mass is 158 g/mol. The molecule has 0 unspecified atom stereocenters. The number of aryl methyl sites for hydroxylation is 1. The van der Waals surface area contributed by atoms with Gasteiger partial charge in [0.1, 0.15) is 0 Å². The highest BCUT2D eigenvalue weighted by atomic mass is 35.5. The van der Waals surface area contributed by atoms with E-state index in [1.165, 1.54) is 0 Å². The average Bonchev–Trinajstić information content (AvgIpc) is 2.00. The summed E-state index contributed by atoms with van der Waals surface area (Å²) in [6, 6.07) is 7.77. The predicted molar refractivity (Wildman–Crippen MR) is 44.3 cm³/mol. The summed E-state index contributed by atoms with van der Waals surface area (Å²) >= 11 is 5.71. The molecule has 0 aliphatic carbocycles. The molecule has 1 N–H and O–H groups in total. The maximum atomic E-state index is 7.00. The summed E-state index contributed by atoms with van der Waals surface area (Å²) < 4.78 is 0. The number of halogens is 1. The van der Waals surface area contributed by atoms with Crippen LogP contribution in [-0.4, -0.2) is 12.2 Å². The predicted octanol–water partition coefficient (Wildman–Crippen LogP) is 2.26. The van der Waals surface area contributed by atoms with Crippen LogP contribution in [0.2, 0.25) is 5.02 Å². The molecule has 0 atom stereocenters. The van der Waals surface area contributed by atoms with Crippen molar-refractivity contribution in [3.8, 4) is 0 Å². The standard InChI is InChI=1S/C7H7Cl.CH4O/c1-6-4-2-3-5-7(6)8;1-2/h2-5H,1H3;2H,1H3. The molecule has 2 heteroatoms. The van der Waals surface area contributed by atoms with Gasteiger partial charge >= 0.3 is 0 Å². The normalized spacial score (nSPS) is 8.00. The van der Waals surface area contributed by atoms with Gasteiger partial charge in [0.15, 0.2) is 0 Å². The Morgan fingerprint density at radius 2 is 1.70 bits per heavy atom. The van der Waals surface area contributed by atoms with E-state index in [-0.39, 0.29) is 0 Å². The lowest BCUT2D eigenvalue weighted by Crippen LogP contribution is -1.68. The van der Waals surface area contributed by atoms with Crippen molar-refractivity contribution in [1.29, 1.82) is 0 Å². The van der Waals surface area contributed by atoms with E-state index in [1.54, 1.807) is 0 Å². The molecular formula is C8H11ClO. The molecule has 1 rings (SSSR count). The van der Waals surface area contributed by atoms with Gasteiger partial charge in [-0.15, -0.1) is 0 Å². The molecule has 0 radical (unpaired) electrons. The lowest BCUT2D eigenvalue weighted by atomic mass is 10.2. The highest BCUT2D eigenvalue weighted by Gasteiger charge is 1.86. The third kappa shape index (κ3) is 2.85. The molecule has 0 saturated heterocycles. The summed E-state index contributed by atoms with van der Waals surface area (Å²) in [4.78, 5) is 0. The molecule has 0 spiro atoms. The molecule has 0 aliphatic rings. The minimum atomic E-state index is 0.840. The molecule has 0 fully saturated rings. The third-order valence-electron chi connectivity index (χ3n) is 1.08. The Bertz CT molecular complexity index is 165. The second kappa shape index (κ2) is 5.27. The van der Waals surface area contributed by atoms with Crippen LogP contribution in [0, 0.1) is 6.92 Å². The molecule has 0 saturated carbocycles. The first-order valence-electron chi connectivity index (χ1n) is 2.96. The van der Waals surface area contributed by atoms with E-state index < -0.39 is 0 Å². The zero-order valence-corrected chi connectivity index (χ0v) is 6.89. The van der Waals surface area contributed by atoms with Crippen molar-refractivity contribution in [1.82, 2.24) is 0 Å². The zero-order valence-electron chi connectivity index (χ0n) is 6.13. The van der Waals surface area contributed by atoms with Crippen molar-refractivity contribution < 1.29 is 5.11 Å². The van der Waals surface area contributed by atoms with Gasteiger partial charge in [0.2, 0.25) is 0 Å². The van der Waals surface area contributed by atoms with E-state index in [0.29, 0.717) is 0 Å². The van der Waals surface area contributed by atoms with Gasteiger partial charge in [0.05, 0.1) is 0 Å². The number of hydrogen-bond acceptors (Lipinski definition) is 1. The second-order valence-electron chi connectivity index (χ2n) is 1.75. The summed E-state index contributed by atoms with van der Waals surface area (Å²) in [6.45, 7) is 1.99. The van der Waals surface area contributed by atoms with E-state index in [1.807, 2.05) is 31.2 Å². The minimum Gasteiger partial charge on any atom is -0.400 e. The van der Waals surface area contributed by atoms with E-state index in [0.717, 1.165) is 17.7 Å². The molecule has 1 nitrogen and oxygen atoms in total. The van der Waals surface area contributed by atoms with Crippen molar-refractivity contribution in [2.75, 3.05) is 7.11 Å². The Kier molecular flexibility index (Phi) is 4.99. The molecule has 0 heterocycles. The second-order valence-corrected chi connectivity index (χ2v) is 2.16. The smallest absolute Gasteiger partial charge is 0.0435 e. The lowest BCUT2D eigenvalue weighted by Gasteiger charge is -1.90. The highest BCUT2D eigenvalue weighted by molar-refractivity contribution is 6.31. The Morgan fingerprint density at radius 3 is 2.00 bits per heavy atom. The molecule has 0 bridgehead atoms. The quantitative estimate of drug-likeness (QED) is 0.614. The Morgan fingerprint density at radius 1 is 1.20 bits per heavy atom. The molecule has 0 amide bonds. The van der Waals surface area contributed by atoms with Crippen LogP contribution in [0.4, 0.5) is 0 Å². The van der Waals surface area contributed by atoms with E-state index in [2.05, 4.69) is 0 Å². The maximum Gasteiger partial charge on any atom is 0.0435 e. The first kappa shape index (κ1) is 9.47. The number of aliphatic hydroxyl groups excluding tert-OH is 1. The van der Waals surface area contributed by atoms with E-state index in [4.69, 9.17) is 16.7 Å². The highest BCUT2D eigenvalue weighted by Crippen LogP contribution is 2.11. The summed E-state index contributed by atoms with van der Waals surface area (Å²) in [6.07, 6.45) is 0. The summed E-state index contributed by atoms with van der Waals surface area (Å²) in [5, 5.41) is 7.84. The fraction of sp³-hybridized carbons (Fsp3) is 0.250. The first-order chi connectivity index (χ1) is 4.80. The van der Waals surface area contributed by atoms with Crippen molar-refractivity contribution >= 4 is 11.6 Å². The van der Waals surface area contributed by atoms with Crippen molar-refractivity contribution in [3.05, 3.63) is 34.9 Å². The minimum absolute atomic E-state index is 0.840. The number of benzene rings is 1. The Balaban J connectivity index is 0.000000371. The summed E-state index contributed by atoms with van der Waals surface area (Å²) in [5.74, 6) is 0. The summed E-state index contributed by atoms with van der Waals surface area (Å²) in [7, 11) is 1.00. The lowest BCUT2D eigenvalue weighted by molar-refractivity contribution is 0.399. The van der Waals surface area contributed by atoms with Crippen LogP contribution >= 0.6 is 11.6 Å². The van der Waals surface area contributed by atoms with Crippen LogP contribution in [-0.2, 0) is 0 Å². The van der Waals surface area contributed by atoms with Gasteiger partial charge in [-0.2, -0.15) is 0 Å². The topological polar surface area (TPSA) is 20.2 Å². The molecule has 0 aliphatic heterocycles. The van der Waals surface area contributed by atoms with Crippen LogP contribution in [0.3, 0.4) is 0 Å². The van der Waals surface area contributed by atoms with Crippen LogP contribution in [0.15, 0.2) is 24.3 Å². The Hall–Kier alpha value is -0.530. The van der Waals surface area contributed by atoms with E-state index in [9.17, 15) is 0 Å². The Labute approximate surface area is 66.3 Å². The van der Waals surface area contributed by atoms with Crippen molar-refractivity contribution in [2.45, 2.75) is 6.92 Å². The van der Waals surface area contributed by atoms with Gasteiger partial charge in [0.25, 0.3) is 0 Å². The molecule has 1 aromatic carbocycles. The van der Waals surface area contributed by atoms with Gasteiger partial charge in [-0.3, -0.25) is 0 Å². The number of rotatable bonds is 0. The zero-order chi connectivity index (χ0) is 7.98. The molecule has 1 aromatic rings. The molecular weight excluding hydrogens is 148 g/mol. The van der Waals surface area contributed by atoms with Gasteiger partial charge < -0.3 is 5.11 Å². The summed E-state index contributed by atoms with van der Waals surface area (Å²) in [5.41, 5.74) is 1.13. The van der Waals surface area contributed by atoms with Gasteiger partial charge in [-0.05, 0) is 18.6 Å². The number of hydrogen-bond donors (Lipinski definition) is 1. The van der Waals surface area contributed by atoms with Gasteiger partial charge in [0, 0.05) is 12.1 Å². The van der Waals surface area contributed by atoms with Gasteiger partial charge in [-0.1, -0.05) is 29.8 Å². The largest absolute Gasteiger partial charge is 0.400 e. The van der Waals surface area contributed by atoms with Crippen LogP contribution in [0.25, 0.3) is 0 Å². The van der Waals surface area contributed by atoms with Crippen LogP contribution in [0.5, 0.6) is 0 Å². The van der Waals surface area contributed by atoms with E-state index >= 15 is 0 Å². The van der Waals surface area contributed by atoms with Crippen molar-refractivity contribution in [3.63, 3.8) is 0 Å². The maximum absolute atomic E-state index is 7.00. The van der Waals surface area contributed by atoms with Gasteiger partial charge in [-0.25, -0.2) is 0 Å².